The second kappa shape index (κ2) is 3.81. The van der Waals surface area contributed by atoms with Crippen LogP contribution in [0.15, 0.2) is 42.5 Å². The SMILES string of the molecule is Cc1ccc(C2Nc3cc(C)ccc3O2)cc1. The van der Waals surface area contributed by atoms with Crippen LogP contribution in [0, 0.1) is 13.8 Å². The van der Waals surface area contributed by atoms with E-state index in [0.29, 0.717) is 0 Å². The fraction of sp³-hybridized carbons (Fsp3) is 0.200. The molecule has 1 aliphatic rings. The third kappa shape index (κ3) is 1.86. The van der Waals surface area contributed by atoms with Crippen LogP contribution >= 0.6 is 0 Å². The first-order valence-corrected chi connectivity index (χ1v) is 5.83. The molecule has 2 aromatic carbocycles. The molecule has 0 radical (unpaired) electrons. The fourth-order valence-electron chi connectivity index (χ4n) is 2.05. The Kier molecular flexibility index (Phi) is 2.29. The molecule has 1 atom stereocenters. The molecule has 0 spiro atoms. The second-order valence-corrected chi connectivity index (χ2v) is 4.55. The van der Waals surface area contributed by atoms with Crippen molar-refractivity contribution in [2.45, 2.75) is 20.1 Å². The molecule has 2 nitrogen and oxygen atoms in total. The highest BCUT2D eigenvalue weighted by Crippen LogP contribution is 2.38. The average Bonchev–Trinajstić information content (AvgIpc) is 2.72. The van der Waals surface area contributed by atoms with Crippen LogP contribution in [0.3, 0.4) is 0 Å². The molecule has 2 aromatic rings. The Labute approximate surface area is 101 Å². The molecule has 1 N–H and O–H groups in total. The average molecular weight is 225 g/mol. The summed E-state index contributed by atoms with van der Waals surface area (Å²) in [5, 5.41) is 3.39. The van der Waals surface area contributed by atoms with Gasteiger partial charge in [0, 0.05) is 5.56 Å². The zero-order valence-electron chi connectivity index (χ0n) is 10.0. The van der Waals surface area contributed by atoms with Crippen molar-refractivity contribution >= 4 is 5.69 Å². The minimum Gasteiger partial charge on any atom is -0.464 e. The predicted molar refractivity (Wildman–Crippen MR) is 69.3 cm³/mol. The number of ether oxygens (including phenoxy) is 1. The van der Waals surface area contributed by atoms with Crippen LogP contribution in [0.2, 0.25) is 0 Å². The monoisotopic (exact) mass is 225 g/mol. The largest absolute Gasteiger partial charge is 0.464 e. The Morgan fingerprint density at radius 1 is 0.941 bits per heavy atom. The lowest BCUT2D eigenvalue weighted by Crippen LogP contribution is -2.09. The Balaban J connectivity index is 1.88. The Morgan fingerprint density at radius 3 is 2.41 bits per heavy atom. The van der Waals surface area contributed by atoms with Gasteiger partial charge in [0.25, 0.3) is 0 Å². The van der Waals surface area contributed by atoms with Crippen LogP contribution in [0.1, 0.15) is 22.9 Å². The predicted octanol–water partition coefficient (Wildman–Crippen LogP) is 3.81. The minimum absolute atomic E-state index is 0.0626. The second-order valence-electron chi connectivity index (χ2n) is 4.55. The zero-order valence-corrected chi connectivity index (χ0v) is 10.0. The number of nitrogens with one attached hydrogen (secondary N) is 1. The van der Waals surface area contributed by atoms with Crippen LogP contribution in [0.4, 0.5) is 5.69 Å². The molecule has 0 fully saturated rings. The van der Waals surface area contributed by atoms with Crippen LogP contribution in [0.5, 0.6) is 5.75 Å². The molecule has 0 aliphatic carbocycles. The molecular weight excluding hydrogens is 210 g/mol. The number of benzene rings is 2. The Hall–Kier alpha value is -1.96. The summed E-state index contributed by atoms with van der Waals surface area (Å²) in [5.41, 5.74) is 4.74. The maximum Gasteiger partial charge on any atom is 0.196 e. The molecule has 0 saturated heterocycles. The molecule has 0 amide bonds. The lowest BCUT2D eigenvalue weighted by molar-refractivity contribution is 0.260. The third-order valence-corrected chi connectivity index (χ3v) is 3.05. The molecule has 1 unspecified atom stereocenters. The van der Waals surface area contributed by atoms with Crippen molar-refractivity contribution in [3.63, 3.8) is 0 Å². The number of aryl methyl sites for hydroxylation is 2. The van der Waals surface area contributed by atoms with E-state index in [9.17, 15) is 0 Å². The highest BCUT2D eigenvalue weighted by Gasteiger charge is 2.22. The van der Waals surface area contributed by atoms with E-state index < -0.39 is 0 Å². The lowest BCUT2D eigenvalue weighted by Gasteiger charge is -2.11. The van der Waals surface area contributed by atoms with Crippen LogP contribution in [-0.4, -0.2) is 0 Å². The summed E-state index contributed by atoms with van der Waals surface area (Å²) in [6, 6.07) is 14.6. The maximum atomic E-state index is 5.88. The molecule has 0 saturated carbocycles. The van der Waals surface area contributed by atoms with Gasteiger partial charge in [-0.2, -0.15) is 0 Å². The van der Waals surface area contributed by atoms with E-state index in [1.165, 1.54) is 11.1 Å². The van der Waals surface area contributed by atoms with Gasteiger partial charge in [-0.05, 0) is 31.5 Å². The first-order chi connectivity index (χ1) is 8.22. The van der Waals surface area contributed by atoms with Crippen LogP contribution in [0.25, 0.3) is 0 Å². The van der Waals surface area contributed by atoms with E-state index in [4.69, 9.17) is 4.74 Å². The first-order valence-electron chi connectivity index (χ1n) is 5.83. The molecule has 2 heteroatoms. The van der Waals surface area contributed by atoms with Crippen molar-refractivity contribution in [2.24, 2.45) is 0 Å². The van der Waals surface area contributed by atoms with Crippen molar-refractivity contribution in [1.29, 1.82) is 0 Å². The molecule has 3 rings (SSSR count). The Morgan fingerprint density at radius 2 is 1.65 bits per heavy atom. The van der Waals surface area contributed by atoms with Gasteiger partial charge in [-0.1, -0.05) is 35.9 Å². The fourth-order valence-corrected chi connectivity index (χ4v) is 2.05. The number of anilines is 1. The van der Waals surface area contributed by atoms with E-state index >= 15 is 0 Å². The van der Waals surface area contributed by atoms with Gasteiger partial charge in [-0.3, -0.25) is 0 Å². The molecule has 17 heavy (non-hydrogen) atoms. The highest BCUT2D eigenvalue weighted by molar-refractivity contribution is 5.62. The zero-order chi connectivity index (χ0) is 11.8. The molecular formula is C15H15NO. The van der Waals surface area contributed by atoms with Crippen LogP contribution in [-0.2, 0) is 0 Å². The van der Waals surface area contributed by atoms with Crippen molar-refractivity contribution < 1.29 is 4.74 Å². The topological polar surface area (TPSA) is 21.3 Å². The summed E-state index contributed by atoms with van der Waals surface area (Å²) in [4.78, 5) is 0. The van der Waals surface area contributed by atoms with E-state index in [2.05, 4.69) is 55.6 Å². The Bertz CT molecular complexity index is 545. The smallest absolute Gasteiger partial charge is 0.196 e. The van der Waals surface area contributed by atoms with E-state index in [-0.39, 0.29) is 6.23 Å². The maximum absolute atomic E-state index is 5.88. The normalized spacial score (nSPS) is 17.2. The van der Waals surface area contributed by atoms with Gasteiger partial charge in [-0.25, -0.2) is 0 Å². The third-order valence-electron chi connectivity index (χ3n) is 3.05. The molecule has 0 bridgehead atoms. The summed E-state index contributed by atoms with van der Waals surface area (Å²) in [5.74, 6) is 0.932. The number of hydrogen-bond acceptors (Lipinski definition) is 2. The highest BCUT2D eigenvalue weighted by atomic mass is 16.5. The van der Waals surface area contributed by atoms with E-state index in [1.54, 1.807) is 0 Å². The van der Waals surface area contributed by atoms with Gasteiger partial charge < -0.3 is 10.1 Å². The van der Waals surface area contributed by atoms with Gasteiger partial charge in [-0.15, -0.1) is 0 Å². The van der Waals surface area contributed by atoms with Gasteiger partial charge >= 0.3 is 0 Å². The van der Waals surface area contributed by atoms with Crippen molar-refractivity contribution in [3.05, 3.63) is 59.2 Å². The summed E-state index contributed by atoms with van der Waals surface area (Å²) in [7, 11) is 0. The van der Waals surface area contributed by atoms with E-state index in [1.807, 2.05) is 6.07 Å². The molecule has 86 valence electrons. The summed E-state index contributed by atoms with van der Waals surface area (Å²) < 4.78 is 5.88. The van der Waals surface area contributed by atoms with E-state index in [0.717, 1.165) is 17.0 Å². The van der Waals surface area contributed by atoms with Crippen molar-refractivity contribution in [3.8, 4) is 5.75 Å². The summed E-state index contributed by atoms with van der Waals surface area (Å²) >= 11 is 0. The molecule has 0 aromatic heterocycles. The molecule has 1 heterocycles. The van der Waals surface area contributed by atoms with Crippen LogP contribution < -0.4 is 10.1 Å². The summed E-state index contributed by atoms with van der Waals surface area (Å²) in [6.07, 6.45) is -0.0626. The van der Waals surface area contributed by atoms with Gasteiger partial charge in [0.2, 0.25) is 0 Å². The number of hydrogen-bond donors (Lipinski definition) is 1. The first kappa shape index (κ1) is 10.2. The van der Waals surface area contributed by atoms with Crippen molar-refractivity contribution in [1.82, 2.24) is 0 Å². The number of fused-ring (bicyclic) bond motifs is 1. The molecule has 1 aliphatic heterocycles. The van der Waals surface area contributed by atoms with Gasteiger partial charge in [0.1, 0.15) is 5.75 Å². The van der Waals surface area contributed by atoms with Gasteiger partial charge in [0.15, 0.2) is 6.23 Å². The standard InChI is InChI=1S/C15H15NO/c1-10-3-6-12(7-4-10)15-16-13-9-11(2)5-8-14(13)17-15/h3-9,15-16H,1-2H3. The van der Waals surface area contributed by atoms with Crippen molar-refractivity contribution in [2.75, 3.05) is 5.32 Å². The quantitative estimate of drug-likeness (QED) is 0.797. The lowest BCUT2D eigenvalue weighted by atomic mass is 10.1. The van der Waals surface area contributed by atoms with Gasteiger partial charge in [0.05, 0.1) is 5.69 Å². The minimum atomic E-state index is -0.0626. The number of rotatable bonds is 1. The summed E-state index contributed by atoms with van der Waals surface area (Å²) in [6.45, 7) is 4.17.